The first-order chi connectivity index (χ1) is 13.1. The molecule has 0 aliphatic carbocycles. The zero-order valence-electron chi connectivity index (χ0n) is 15.6. The highest BCUT2D eigenvalue weighted by Crippen LogP contribution is 2.41. The number of carbonyl (C=O) groups excluding carboxylic acids is 1. The number of hydrogen-bond donors (Lipinski definition) is 2. The molecule has 2 N–H and O–H groups in total. The van der Waals surface area contributed by atoms with Crippen LogP contribution in [0, 0.1) is 0 Å². The number of benzene rings is 1. The van der Waals surface area contributed by atoms with Crippen LogP contribution < -0.4 is 15.5 Å². The second-order valence-corrected chi connectivity index (χ2v) is 8.58. The minimum Gasteiger partial charge on any atom is -0.381 e. The Morgan fingerprint density at radius 2 is 1.96 bits per heavy atom. The molecule has 0 spiro atoms. The third-order valence-corrected chi connectivity index (χ3v) is 6.66. The van der Waals surface area contributed by atoms with Gasteiger partial charge >= 0.3 is 0 Å². The Bertz CT molecular complexity index is 1040. The number of anilines is 2. The van der Waals surface area contributed by atoms with Gasteiger partial charge in [0.15, 0.2) is 0 Å². The van der Waals surface area contributed by atoms with Crippen LogP contribution in [0.1, 0.15) is 16.6 Å². The van der Waals surface area contributed by atoms with Crippen molar-refractivity contribution in [2.45, 2.75) is 13.0 Å². The fourth-order valence-electron chi connectivity index (χ4n) is 3.93. The van der Waals surface area contributed by atoms with Gasteiger partial charge in [-0.15, -0.1) is 11.3 Å². The lowest BCUT2D eigenvalue weighted by Crippen LogP contribution is -2.44. The molecule has 27 heavy (non-hydrogen) atoms. The van der Waals surface area contributed by atoms with Crippen LogP contribution in [-0.4, -0.2) is 61.6 Å². The Balaban J connectivity index is 1.62. The van der Waals surface area contributed by atoms with E-state index in [1.54, 1.807) is 11.3 Å². The molecule has 0 radical (unpaired) electrons. The van der Waals surface area contributed by atoms with Gasteiger partial charge in [0.05, 0.1) is 11.2 Å². The third kappa shape index (κ3) is 2.82. The first-order valence-corrected chi connectivity index (χ1v) is 10.3. The molecular weight excluding hydrogens is 358 g/mol. The smallest absolute Gasteiger partial charge is 0.263 e. The summed E-state index contributed by atoms with van der Waals surface area (Å²) >= 11 is 1.55. The minimum absolute atomic E-state index is 0.0128. The van der Waals surface area contributed by atoms with Crippen LogP contribution in [0.15, 0.2) is 24.3 Å². The number of carbonyl (C=O) groups is 1. The van der Waals surface area contributed by atoms with E-state index in [1.165, 1.54) is 0 Å². The van der Waals surface area contributed by atoms with Crippen LogP contribution in [0.5, 0.6) is 0 Å². The highest BCUT2D eigenvalue weighted by atomic mass is 32.1. The standard InChI is InChI=1S/C20H23N5OS/c1-12-11-21-18-17-13-3-6-16(25-9-7-24(2)8-10-25)23-14(13)4-5-15(17)27-19(18)20(26)22-12/h3-6,12,21H,7-11H2,1-2H3,(H,22,26)/t12-/m1/s1. The first-order valence-electron chi connectivity index (χ1n) is 9.44. The van der Waals surface area contributed by atoms with Gasteiger partial charge < -0.3 is 20.4 Å². The third-order valence-electron chi connectivity index (χ3n) is 5.50. The number of amides is 1. The molecule has 1 amide bonds. The van der Waals surface area contributed by atoms with Gasteiger partial charge in [-0.3, -0.25) is 4.79 Å². The Morgan fingerprint density at radius 1 is 1.15 bits per heavy atom. The van der Waals surface area contributed by atoms with Crippen molar-refractivity contribution in [3.05, 3.63) is 29.1 Å². The molecule has 1 aromatic carbocycles. The van der Waals surface area contributed by atoms with E-state index < -0.39 is 0 Å². The molecule has 1 atom stereocenters. The lowest BCUT2D eigenvalue weighted by atomic mass is 10.1. The normalized spacial score (nSPS) is 21.0. The lowest BCUT2D eigenvalue weighted by molar-refractivity contribution is 0.0949. The lowest BCUT2D eigenvalue weighted by Gasteiger charge is -2.33. The van der Waals surface area contributed by atoms with E-state index in [1.807, 2.05) is 6.92 Å². The van der Waals surface area contributed by atoms with Crippen molar-refractivity contribution in [1.82, 2.24) is 15.2 Å². The summed E-state index contributed by atoms with van der Waals surface area (Å²) in [5, 5.41) is 8.76. The van der Waals surface area contributed by atoms with E-state index in [0.29, 0.717) is 0 Å². The molecule has 2 aliphatic heterocycles. The van der Waals surface area contributed by atoms with Crippen molar-refractivity contribution in [3.8, 4) is 0 Å². The van der Waals surface area contributed by atoms with E-state index in [2.05, 4.69) is 51.7 Å². The summed E-state index contributed by atoms with van der Waals surface area (Å²) in [5.41, 5.74) is 1.94. The Kier molecular flexibility index (Phi) is 3.94. The van der Waals surface area contributed by atoms with E-state index in [0.717, 1.165) is 70.1 Å². The van der Waals surface area contributed by atoms with Gasteiger partial charge in [-0.1, -0.05) is 0 Å². The van der Waals surface area contributed by atoms with E-state index in [-0.39, 0.29) is 11.9 Å². The SMILES string of the molecule is C[C@@H]1CNc2c(sc3ccc4nc(N5CCN(C)CC5)ccc4c23)C(=O)N1. The van der Waals surface area contributed by atoms with Crippen molar-refractivity contribution in [2.24, 2.45) is 0 Å². The molecule has 0 unspecified atom stereocenters. The van der Waals surface area contributed by atoms with Crippen molar-refractivity contribution < 1.29 is 4.79 Å². The molecule has 6 nitrogen and oxygen atoms in total. The van der Waals surface area contributed by atoms with Crippen LogP contribution in [0.2, 0.25) is 0 Å². The van der Waals surface area contributed by atoms with Crippen LogP contribution in [-0.2, 0) is 0 Å². The van der Waals surface area contributed by atoms with Gasteiger partial charge in [-0.25, -0.2) is 4.98 Å². The minimum atomic E-state index is 0.0128. The van der Waals surface area contributed by atoms with Crippen molar-refractivity contribution in [3.63, 3.8) is 0 Å². The summed E-state index contributed by atoms with van der Waals surface area (Å²) in [7, 11) is 2.16. The molecule has 2 aliphatic rings. The van der Waals surface area contributed by atoms with Gasteiger partial charge in [-0.2, -0.15) is 0 Å². The fraction of sp³-hybridized carbons (Fsp3) is 0.400. The number of nitrogens with zero attached hydrogens (tertiary/aromatic N) is 3. The molecule has 7 heteroatoms. The summed E-state index contributed by atoms with van der Waals surface area (Å²) in [4.78, 5) is 23.0. The Hall–Kier alpha value is -2.38. The monoisotopic (exact) mass is 381 g/mol. The second kappa shape index (κ2) is 6.35. The van der Waals surface area contributed by atoms with Crippen LogP contribution in [0.4, 0.5) is 11.5 Å². The van der Waals surface area contributed by atoms with Crippen LogP contribution >= 0.6 is 11.3 Å². The molecular formula is C20H23N5OS. The summed E-state index contributed by atoms with van der Waals surface area (Å²) in [6.45, 7) is 6.89. The Morgan fingerprint density at radius 3 is 2.78 bits per heavy atom. The summed E-state index contributed by atoms with van der Waals surface area (Å²) in [5.74, 6) is 1.05. The average molecular weight is 382 g/mol. The Labute approximate surface area is 162 Å². The van der Waals surface area contributed by atoms with Crippen LogP contribution in [0.25, 0.3) is 21.0 Å². The number of rotatable bonds is 1. The summed E-state index contributed by atoms with van der Waals surface area (Å²) in [6.07, 6.45) is 0. The molecule has 140 valence electrons. The predicted octanol–water partition coefficient (Wildman–Crippen LogP) is 2.75. The summed E-state index contributed by atoms with van der Waals surface area (Å²) < 4.78 is 1.12. The topological polar surface area (TPSA) is 60.5 Å². The van der Waals surface area contributed by atoms with Gasteiger partial charge in [-0.05, 0) is 38.2 Å². The number of likely N-dealkylation sites (N-methyl/N-ethyl adjacent to an activating group) is 1. The number of hydrogen-bond acceptors (Lipinski definition) is 6. The largest absolute Gasteiger partial charge is 0.381 e. The van der Waals surface area contributed by atoms with E-state index in [4.69, 9.17) is 4.98 Å². The molecule has 0 saturated carbocycles. The second-order valence-electron chi connectivity index (χ2n) is 7.53. The van der Waals surface area contributed by atoms with Gasteiger partial charge in [0, 0.05) is 54.2 Å². The highest BCUT2D eigenvalue weighted by molar-refractivity contribution is 7.21. The number of aromatic nitrogens is 1. The molecule has 0 bridgehead atoms. The number of thiophene rings is 1. The number of nitrogens with one attached hydrogen (secondary N) is 2. The molecule has 2 aromatic heterocycles. The van der Waals surface area contributed by atoms with Crippen molar-refractivity contribution in [2.75, 3.05) is 50.0 Å². The maximum absolute atomic E-state index is 12.5. The van der Waals surface area contributed by atoms with Gasteiger partial charge in [0.25, 0.3) is 5.91 Å². The zero-order valence-corrected chi connectivity index (χ0v) is 16.4. The van der Waals surface area contributed by atoms with E-state index in [9.17, 15) is 4.79 Å². The van der Waals surface area contributed by atoms with Crippen LogP contribution in [0.3, 0.4) is 0 Å². The summed E-state index contributed by atoms with van der Waals surface area (Å²) in [6, 6.07) is 8.57. The zero-order chi connectivity index (χ0) is 18.5. The van der Waals surface area contributed by atoms with E-state index >= 15 is 0 Å². The fourth-order valence-corrected chi connectivity index (χ4v) is 5.02. The maximum atomic E-state index is 12.5. The molecule has 4 heterocycles. The van der Waals surface area contributed by atoms with Crippen molar-refractivity contribution >= 4 is 49.7 Å². The number of fused-ring (bicyclic) bond motifs is 5. The molecule has 1 saturated heterocycles. The maximum Gasteiger partial charge on any atom is 0.263 e. The highest BCUT2D eigenvalue weighted by Gasteiger charge is 2.25. The predicted molar refractivity (Wildman–Crippen MR) is 112 cm³/mol. The molecule has 1 fully saturated rings. The molecule has 5 rings (SSSR count). The van der Waals surface area contributed by atoms with Gasteiger partial charge in [0.2, 0.25) is 0 Å². The number of pyridine rings is 1. The van der Waals surface area contributed by atoms with Crippen molar-refractivity contribution in [1.29, 1.82) is 0 Å². The number of piperazine rings is 1. The van der Waals surface area contributed by atoms with Gasteiger partial charge in [0.1, 0.15) is 10.7 Å². The quantitative estimate of drug-likeness (QED) is 0.679. The average Bonchev–Trinajstić information content (AvgIpc) is 2.99. The molecule has 3 aromatic rings. The first kappa shape index (κ1) is 16.8.